The van der Waals surface area contributed by atoms with Gasteiger partial charge in [-0.05, 0) is 39.2 Å². The SMILES string of the molecule is CCC1CCC(C#N)C(N(C)C(C)CC#N)C1. The Kier molecular flexibility index (Phi) is 5.45. The Morgan fingerprint density at radius 1 is 1.35 bits per heavy atom. The Labute approximate surface area is 105 Å². The molecule has 1 saturated carbocycles. The molecule has 0 aliphatic heterocycles. The first-order chi connectivity index (χ1) is 8.13. The van der Waals surface area contributed by atoms with E-state index < -0.39 is 0 Å². The zero-order chi connectivity index (χ0) is 12.8. The number of nitriles is 2. The highest BCUT2D eigenvalue weighted by Gasteiger charge is 2.33. The van der Waals surface area contributed by atoms with Crippen molar-refractivity contribution in [3.05, 3.63) is 0 Å². The highest BCUT2D eigenvalue weighted by Crippen LogP contribution is 2.34. The van der Waals surface area contributed by atoms with Gasteiger partial charge in [0.25, 0.3) is 0 Å². The summed E-state index contributed by atoms with van der Waals surface area (Å²) >= 11 is 0. The minimum Gasteiger partial charge on any atom is -0.298 e. The van der Waals surface area contributed by atoms with Crippen LogP contribution in [0.4, 0.5) is 0 Å². The first-order valence-electron chi connectivity index (χ1n) is 6.62. The van der Waals surface area contributed by atoms with E-state index >= 15 is 0 Å². The van der Waals surface area contributed by atoms with Crippen LogP contribution in [0.5, 0.6) is 0 Å². The highest BCUT2D eigenvalue weighted by atomic mass is 15.2. The molecule has 3 nitrogen and oxygen atoms in total. The summed E-state index contributed by atoms with van der Waals surface area (Å²) in [7, 11) is 2.06. The van der Waals surface area contributed by atoms with Crippen molar-refractivity contribution in [1.82, 2.24) is 4.90 Å². The van der Waals surface area contributed by atoms with Crippen molar-refractivity contribution in [2.24, 2.45) is 11.8 Å². The minimum absolute atomic E-state index is 0.143. The highest BCUT2D eigenvalue weighted by molar-refractivity contribution is 4.98. The van der Waals surface area contributed by atoms with Crippen molar-refractivity contribution >= 4 is 0 Å². The van der Waals surface area contributed by atoms with Crippen LogP contribution in [0.3, 0.4) is 0 Å². The van der Waals surface area contributed by atoms with Gasteiger partial charge < -0.3 is 0 Å². The second-order valence-corrected chi connectivity index (χ2v) is 5.27. The molecule has 0 heterocycles. The van der Waals surface area contributed by atoms with Crippen molar-refractivity contribution in [1.29, 1.82) is 10.5 Å². The van der Waals surface area contributed by atoms with Gasteiger partial charge in [-0.3, -0.25) is 4.90 Å². The fraction of sp³-hybridized carbons (Fsp3) is 0.857. The summed E-state index contributed by atoms with van der Waals surface area (Å²) in [6.07, 6.45) is 5.06. The van der Waals surface area contributed by atoms with Crippen molar-refractivity contribution in [2.45, 2.75) is 58.0 Å². The minimum atomic E-state index is 0.143. The van der Waals surface area contributed by atoms with Crippen molar-refractivity contribution < 1.29 is 0 Å². The van der Waals surface area contributed by atoms with Crippen LogP contribution in [0, 0.1) is 34.5 Å². The molecule has 94 valence electrons. The van der Waals surface area contributed by atoms with E-state index in [-0.39, 0.29) is 12.0 Å². The molecule has 1 aliphatic carbocycles. The zero-order valence-electron chi connectivity index (χ0n) is 11.2. The molecule has 1 fully saturated rings. The van der Waals surface area contributed by atoms with Gasteiger partial charge in [0, 0.05) is 12.1 Å². The van der Waals surface area contributed by atoms with Crippen molar-refractivity contribution in [3.8, 4) is 12.1 Å². The zero-order valence-corrected chi connectivity index (χ0v) is 11.2. The van der Waals surface area contributed by atoms with Crippen molar-refractivity contribution in [2.75, 3.05) is 7.05 Å². The average molecular weight is 233 g/mol. The first-order valence-corrected chi connectivity index (χ1v) is 6.62. The lowest BCUT2D eigenvalue weighted by molar-refractivity contribution is 0.0936. The average Bonchev–Trinajstić information content (AvgIpc) is 2.37. The summed E-state index contributed by atoms with van der Waals surface area (Å²) in [4.78, 5) is 2.25. The van der Waals surface area contributed by atoms with E-state index in [2.05, 4.69) is 37.9 Å². The summed E-state index contributed by atoms with van der Waals surface area (Å²) < 4.78 is 0. The first kappa shape index (κ1) is 14.0. The molecule has 1 rings (SSSR count). The lowest BCUT2D eigenvalue weighted by Gasteiger charge is -2.40. The van der Waals surface area contributed by atoms with Crippen LogP contribution >= 0.6 is 0 Å². The van der Waals surface area contributed by atoms with Crippen LogP contribution in [0.2, 0.25) is 0 Å². The second kappa shape index (κ2) is 6.62. The summed E-state index contributed by atoms with van der Waals surface area (Å²) in [5.41, 5.74) is 0. The van der Waals surface area contributed by atoms with E-state index in [0.29, 0.717) is 12.5 Å². The van der Waals surface area contributed by atoms with E-state index in [9.17, 15) is 5.26 Å². The van der Waals surface area contributed by atoms with Crippen LogP contribution in [0.1, 0.15) is 46.0 Å². The van der Waals surface area contributed by atoms with Gasteiger partial charge in [0.15, 0.2) is 0 Å². The molecule has 0 bridgehead atoms. The molecular formula is C14H23N3. The van der Waals surface area contributed by atoms with Gasteiger partial charge in [-0.15, -0.1) is 0 Å². The van der Waals surface area contributed by atoms with Crippen LogP contribution in [0.25, 0.3) is 0 Å². The van der Waals surface area contributed by atoms with Gasteiger partial charge in [0.05, 0.1) is 24.5 Å². The van der Waals surface area contributed by atoms with Gasteiger partial charge in [0.2, 0.25) is 0 Å². The topological polar surface area (TPSA) is 50.8 Å². The predicted octanol–water partition coefficient (Wildman–Crippen LogP) is 2.94. The Hall–Kier alpha value is -1.06. The van der Waals surface area contributed by atoms with Gasteiger partial charge >= 0.3 is 0 Å². The molecule has 4 atom stereocenters. The molecular weight excluding hydrogens is 210 g/mol. The van der Waals surface area contributed by atoms with Crippen LogP contribution in [0.15, 0.2) is 0 Å². The summed E-state index contributed by atoms with van der Waals surface area (Å²) in [5.74, 6) is 0.894. The van der Waals surface area contributed by atoms with Crippen LogP contribution in [-0.2, 0) is 0 Å². The van der Waals surface area contributed by atoms with E-state index in [1.54, 1.807) is 0 Å². The molecule has 0 spiro atoms. The van der Waals surface area contributed by atoms with Crippen molar-refractivity contribution in [3.63, 3.8) is 0 Å². The Morgan fingerprint density at radius 2 is 2.06 bits per heavy atom. The quantitative estimate of drug-likeness (QED) is 0.750. The molecule has 0 radical (unpaired) electrons. The number of nitrogens with zero attached hydrogens (tertiary/aromatic N) is 3. The standard InChI is InChI=1S/C14H23N3/c1-4-12-5-6-13(10-16)14(9-12)17(3)11(2)7-8-15/h11-14H,4-7,9H2,1-3H3. The fourth-order valence-corrected chi connectivity index (χ4v) is 2.81. The lowest BCUT2D eigenvalue weighted by Crippen LogP contribution is -2.45. The molecule has 4 unspecified atom stereocenters. The maximum Gasteiger partial charge on any atom is 0.0672 e. The lowest BCUT2D eigenvalue weighted by atomic mass is 9.77. The number of hydrogen-bond donors (Lipinski definition) is 0. The molecule has 17 heavy (non-hydrogen) atoms. The fourth-order valence-electron chi connectivity index (χ4n) is 2.81. The molecule has 3 heteroatoms. The third-order valence-electron chi connectivity index (χ3n) is 4.27. The van der Waals surface area contributed by atoms with Gasteiger partial charge in [-0.1, -0.05) is 13.3 Å². The molecule has 0 aromatic carbocycles. The van der Waals surface area contributed by atoms with E-state index in [4.69, 9.17) is 5.26 Å². The van der Waals surface area contributed by atoms with Crippen LogP contribution < -0.4 is 0 Å². The van der Waals surface area contributed by atoms with Gasteiger partial charge in [-0.25, -0.2) is 0 Å². The Bertz CT molecular complexity index is 312. The largest absolute Gasteiger partial charge is 0.298 e. The van der Waals surface area contributed by atoms with Gasteiger partial charge in [0.1, 0.15) is 0 Å². The van der Waals surface area contributed by atoms with E-state index in [0.717, 1.165) is 18.8 Å². The monoisotopic (exact) mass is 233 g/mol. The number of hydrogen-bond acceptors (Lipinski definition) is 3. The third kappa shape index (κ3) is 3.45. The third-order valence-corrected chi connectivity index (χ3v) is 4.27. The number of rotatable bonds is 4. The molecule has 0 amide bonds. The van der Waals surface area contributed by atoms with Gasteiger partial charge in [-0.2, -0.15) is 10.5 Å². The molecule has 0 N–H and O–H groups in total. The van der Waals surface area contributed by atoms with E-state index in [1.807, 2.05) is 0 Å². The predicted molar refractivity (Wildman–Crippen MR) is 68.0 cm³/mol. The summed E-state index contributed by atoms with van der Waals surface area (Å²) in [6.45, 7) is 4.31. The molecule has 0 saturated heterocycles. The van der Waals surface area contributed by atoms with Crippen LogP contribution in [-0.4, -0.2) is 24.0 Å². The maximum absolute atomic E-state index is 9.24. The molecule has 0 aromatic rings. The Morgan fingerprint density at radius 3 is 2.59 bits per heavy atom. The van der Waals surface area contributed by atoms with E-state index in [1.165, 1.54) is 12.8 Å². The smallest absolute Gasteiger partial charge is 0.0672 e. The maximum atomic E-state index is 9.24. The second-order valence-electron chi connectivity index (χ2n) is 5.27. The summed E-state index contributed by atoms with van der Waals surface area (Å²) in [5, 5.41) is 18.0. The normalized spacial score (nSPS) is 30.6. The molecule has 1 aliphatic rings. The summed E-state index contributed by atoms with van der Waals surface area (Å²) in [6, 6.07) is 5.25. The Balaban J connectivity index is 2.69. The molecule has 0 aromatic heterocycles.